The van der Waals surface area contributed by atoms with E-state index in [1.807, 2.05) is 13.8 Å². The molecule has 0 aromatic carbocycles. The molecule has 0 atom stereocenters. The van der Waals surface area contributed by atoms with Gasteiger partial charge < -0.3 is 0 Å². The van der Waals surface area contributed by atoms with Crippen LogP contribution in [0.25, 0.3) is 0 Å². The summed E-state index contributed by atoms with van der Waals surface area (Å²) in [6.07, 6.45) is 32.4. The molecule has 2 heteroatoms. The van der Waals surface area contributed by atoms with Crippen molar-refractivity contribution >= 4 is 11.6 Å². The van der Waals surface area contributed by atoms with Gasteiger partial charge in [0.25, 0.3) is 0 Å². The van der Waals surface area contributed by atoms with Crippen molar-refractivity contribution in [1.29, 1.82) is 0 Å². The molecule has 0 spiro atoms. The zero-order valence-electron chi connectivity index (χ0n) is 27.7. The van der Waals surface area contributed by atoms with Gasteiger partial charge in [-0.25, -0.2) is 0 Å². The lowest BCUT2D eigenvalue weighted by Crippen LogP contribution is -2.24. The van der Waals surface area contributed by atoms with E-state index < -0.39 is 0 Å². The minimum Gasteiger partial charge on any atom is -0.295 e. The highest BCUT2D eigenvalue weighted by molar-refractivity contribution is 5.97. The van der Waals surface area contributed by atoms with Crippen LogP contribution in [0.3, 0.4) is 0 Å². The lowest BCUT2D eigenvalue weighted by Gasteiger charge is -2.32. The summed E-state index contributed by atoms with van der Waals surface area (Å²) in [4.78, 5) is 24.3. The Bertz CT molecular complexity index is 1270. The van der Waals surface area contributed by atoms with Crippen molar-refractivity contribution in [2.75, 3.05) is 0 Å². The average Bonchev–Trinajstić information content (AvgIpc) is 2.91. The molecule has 2 nitrogen and oxygen atoms in total. The Balaban J connectivity index is 1.93. The highest BCUT2D eigenvalue weighted by atomic mass is 16.1. The summed E-state index contributed by atoms with van der Waals surface area (Å²) < 4.78 is 0. The van der Waals surface area contributed by atoms with Crippen LogP contribution in [0, 0.1) is 10.8 Å². The molecule has 0 amide bonds. The predicted molar refractivity (Wildman–Crippen MR) is 182 cm³/mol. The maximum Gasteiger partial charge on any atom is 0.158 e. The highest BCUT2D eigenvalue weighted by Crippen LogP contribution is 2.40. The van der Waals surface area contributed by atoms with Crippen molar-refractivity contribution in [2.45, 2.75) is 94.9 Å². The van der Waals surface area contributed by atoms with Crippen LogP contribution in [-0.4, -0.2) is 11.6 Å². The Morgan fingerprint density at radius 2 is 0.833 bits per heavy atom. The second-order valence-electron chi connectivity index (χ2n) is 13.1. The molecule has 0 saturated carbocycles. The fraction of sp³-hybridized carbons (Fsp3) is 0.400. The van der Waals surface area contributed by atoms with E-state index in [1.54, 1.807) is 0 Å². The van der Waals surface area contributed by atoms with E-state index in [0.717, 1.165) is 57.4 Å². The Hall–Kier alpha value is -3.52. The average molecular weight is 565 g/mol. The van der Waals surface area contributed by atoms with Crippen LogP contribution < -0.4 is 0 Å². The molecular formula is C40H52O2. The Morgan fingerprint density at radius 1 is 0.524 bits per heavy atom. The Morgan fingerprint density at radius 3 is 1.19 bits per heavy atom. The van der Waals surface area contributed by atoms with Crippen molar-refractivity contribution in [3.8, 4) is 0 Å². The van der Waals surface area contributed by atoms with Gasteiger partial charge in [0.1, 0.15) is 0 Å². The third-order valence-corrected chi connectivity index (χ3v) is 8.35. The molecule has 0 saturated heterocycles. The van der Waals surface area contributed by atoms with E-state index in [1.165, 1.54) is 0 Å². The van der Waals surface area contributed by atoms with Gasteiger partial charge in [-0.05, 0) is 87.5 Å². The molecule has 224 valence electrons. The molecule has 0 N–H and O–H groups in total. The van der Waals surface area contributed by atoms with Crippen LogP contribution in [0.1, 0.15) is 94.9 Å². The minimum atomic E-state index is 0.0404. The molecule has 2 aliphatic rings. The van der Waals surface area contributed by atoms with Crippen LogP contribution >= 0.6 is 0 Å². The molecule has 0 radical (unpaired) electrons. The van der Waals surface area contributed by atoms with Crippen LogP contribution in [0.4, 0.5) is 0 Å². The highest BCUT2D eigenvalue weighted by Gasteiger charge is 2.31. The smallest absolute Gasteiger partial charge is 0.158 e. The minimum absolute atomic E-state index is 0.0404. The van der Waals surface area contributed by atoms with Crippen LogP contribution in [0.5, 0.6) is 0 Å². The van der Waals surface area contributed by atoms with Gasteiger partial charge in [-0.1, -0.05) is 135 Å². The Labute approximate surface area is 256 Å². The van der Waals surface area contributed by atoms with E-state index in [0.29, 0.717) is 12.8 Å². The normalized spacial score (nSPS) is 21.6. The summed E-state index contributed by atoms with van der Waals surface area (Å²) in [7, 11) is 0. The lowest BCUT2D eigenvalue weighted by atomic mass is 9.72. The topological polar surface area (TPSA) is 34.1 Å². The number of rotatable bonds is 10. The number of hydrogen-bond acceptors (Lipinski definition) is 2. The molecule has 0 bridgehead atoms. The molecule has 0 fully saturated rings. The van der Waals surface area contributed by atoms with Crippen molar-refractivity contribution < 1.29 is 9.59 Å². The first-order chi connectivity index (χ1) is 19.6. The van der Waals surface area contributed by atoms with Crippen LogP contribution in [0.2, 0.25) is 0 Å². The van der Waals surface area contributed by atoms with Crippen LogP contribution in [0.15, 0.2) is 130 Å². The second kappa shape index (κ2) is 15.6. The molecule has 2 rings (SSSR count). The van der Waals surface area contributed by atoms with E-state index in [4.69, 9.17) is 0 Å². The zero-order valence-corrected chi connectivity index (χ0v) is 27.7. The summed E-state index contributed by atoms with van der Waals surface area (Å²) in [6.45, 7) is 21.1. The molecule has 42 heavy (non-hydrogen) atoms. The van der Waals surface area contributed by atoms with Gasteiger partial charge in [-0.2, -0.15) is 0 Å². The summed E-state index contributed by atoms with van der Waals surface area (Å²) in [5.41, 5.74) is 8.82. The standard InChI is InChI=1S/C40H52O2/c1-29(17-13-19-31(3)21-23-35-33(5)37(41)25-27-39(35,7)8)15-11-12-16-30(2)18-14-20-32(4)22-24-36-34(6)38(42)26-28-40(36,9)10/h11-24H,25-28H2,1-10H3/b12-11-,17-13-,18-14-,23-21-,24-22-,29-15-,30-16+,31-19+,32-20+. The zero-order chi connectivity index (χ0) is 31.5. The van der Waals surface area contributed by atoms with E-state index >= 15 is 0 Å². The van der Waals surface area contributed by atoms with Gasteiger partial charge >= 0.3 is 0 Å². The first-order valence-electron chi connectivity index (χ1n) is 15.2. The molecule has 2 aliphatic carbocycles. The molecule has 0 unspecified atom stereocenters. The number of carbonyl (C=O) groups excluding carboxylic acids is 2. The van der Waals surface area contributed by atoms with Gasteiger partial charge in [0.2, 0.25) is 0 Å². The summed E-state index contributed by atoms with van der Waals surface area (Å²) in [5.74, 6) is 0.542. The summed E-state index contributed by atoms with van der Waals surface area (Å²) in [5, 5.41) is 0. The van der Waals surface area contributed by atoms with Crippen LogP contribution in [-0.2, 0) is 9.59 Å². The van der Waals surface area contributed by atoms with Crippen molar-refractivity contribution in [3.63, 3.8) is 0 Å². The second-order valence-corrected chi connectivity index (χ2v) is 13.1. The third-order valence-electron chi connectivity index (χ3n) is 8.35. The fourth-order valence-electron chi connectivity index (χ4n) is 5.28. The number of allylic oxidation sites excluding steroid dienone is 22. The summed E-state index contributed by atoms with van der Waals surface area (Å²) >= 11 is 0. The molecule has 0 aromatic heterocycles. The molecular weight excluding hydrogens is 512 g/mol. The van der Waals surface area contributed by atoms with E-state index in [2.05, 4.69) is 140 Å². The SMILES string of the molecule is CC1=C(\C=C/C(C)=C/C=C\C(C)=C/C=C\C=C(C)\C=C/C=C(C)/C=C\C2=C(C)C(=O)CCC2(C)C)C(C)(C)CCC1=O. The van der Waals surface area contributed by atoms with E-state index in [9.17, 15) is 9.59 Å². The maximum absolute atomic E-state index is 12.2. The first kappa shape index (κ1) is 34.7. The van der Waals surface area contributed by atoms with Gasteiger partial charge in [-0.3, -0.25) is 9.59 Å². The number of Topliss-reactive ketones (excluding diaryl/α,β-unsaturated/α-hetero) is 2. The van der Waals surface area contributed by atoms with Crippen molar-refractivity contribution in [2.24, 2.45) is 10.8 Å². The quantitative estimate of drug-likeness (QED) is 0.247. The lowest BCUT2D eigenvalue weighted by molar-refractivity contribution is -0.117. The first-order valence-corrected chi connectivity index (χ1v) is 15.2. The van der Waals surface area contributed by atoms with Gasteiger partial charge in [0, 0.05) is 12.8 Å². The number of ketones is 2. The fourth-order valence-corrected chi connectivity index (χ4v) is 5.28. The predicted octanol–water partition coefficient (Wildman–Crippen LogP) is 11.0. The molecule has 0 aliphatic heterocycles. The number of hydrogen-bond donors (Lipinski definition) is 0. The summed E-state index contributed by atoms with van der Waals surface area (Å²) in [6, 6.07) is 0. The van der Waals surface area contributed by atoms with Crippen molar-refractivity contribution in [3.05, 3.63) is 130 Å². The maximum atomic E-state index is 12.2. The largest absolute Gasteiger partial charge is 0.295 e. The van der Waals surface area contributed by atoms with E-state index in [-0.39, 0.29) is 22.4 Å². The third kappa shape index (κ3) is 10.7. The monoisotopic (exact) mass is 564 g/mol. The van der Waals surface area contributed by atoms with Gasteiger partial charge in [0.05, 0.1) is 0 Å². The molecule has 0 heterocycles. The Kier molecular flexibility index (Phi) is 12.9. The van der Waals surface area contributed by atoms with Gasteiger partial charge in [0.15, 0.2) is 11.6 Å². The molecule has 0 aromatic rings. The number of carbonyl (C=O) groups is 2. The van der Waals surface area contributed by atoms with Gasteiger partial charge in [-0.15, -0.1) is 0 Å². The van der Waals surface area contributed by atoms with Crippen molar-refractivity contribution in [1.82, 2.24) is 0 Å².